The molecule has 0 N–H and O–H groups in total. The first-order valence-corrected chi connectivity index (χ1v) is 7.20. The van der Waals surface area contributed by atoms with E-state index < -0.39 is 47.6 Å². The number of halogens is 6. The summed E-state index contributed by atoms with van der Waals surface area (Å²) in [6.45, 7) is 6.24. The minimum atomic E-state index is -5.04. The van der Waals surface area contributed by atoms with E-state index in [1.54, 1.807) is 6.92 Å². The van der Waals surface area contributed by atoms with Crippen LogP contribution in [0.25, 0.3) is 0 Å². The molecule has 0 aromatic heterocycles. The normalized spacial score (nSPS) is 16.9. The van der Waals surface area contributed by atoms with E-state index in [0.717, 1.165) is 0 Å². The number of carbonyl (C=O) groups excluding carboxylic acids is 1. The van der Waals surface area contributed by atoms with E-state index >= 15 is 0 Å². The summed E-state index contributed by atoms with van der Waals surface area (Å²) in [5, 5.41) is 0. The lowest BCUT2D eigenvalue weighted by atomic mass is 9.58. The van der Waals surface area contributed by atoms with Gasteiger partial charge in [-0.05, 0) is 17.3 Å². The number of alkyl halides is 6. The standard InChI is InChI=1S/C15H24F6O2/c1-7-12(5,6)8-13(11(2,3)4,15(19,20)21)10(22)23-9-14(16,17)18/h7-9H2,1-6H3. The van der Waals surface area contributed by atoms with Gasteiger partial charge in [-0.15, -0.1) is 0 Å². The maximum absolute atomic E-state index is 13.8. The van der Waals surface area contributed by atoms with Crippen molar-refractivity contribution in [2.45, 2.75) is 66.7 Å². The maximum Gasteiger partial charge on any atom is 0.422 e. The van der Waals surface area contributed by atoms with Crippen LogP contribution < -0.4 is 0 Å². The van der Waals surface area contributed by atoms with Crippen molar-refractivity contribution in [3.05, 3.63) is 0 Å². The average Bonchev–Trinajstić information content (AvgIpc) is 2.29. The quantitative estimate of drug-likeness (QED) is 0.482. The molecule has 0 heterocycles. The molecule has 0 radical (unpaired) electrons. The molecule has 23 heavy (non-hydrogen) atoms. The molecule has 8 heteroatoms. The van der Waals surface area contributed by atoms with Gasteiger partial charge in [0.2, 0.25) is 0 Å². The van der Waals surface area contributed by atoms with Crippen molar-refractivity contribution in [2.75, 3.05) is 6.61 Å². The van der Waals surface area contributed by atoms with Crippen molar-refractivity contribution in [1.82, 2.24) is 0 Å². The molecule has 0 aliphatic carbocycles. The van der Waals surface area contributed by atoms with E-state index in [1.807, 2.05) is 0 Å². The van der Waals surface area contributed by atoms with E-state index in [-0.39, 0.29) is 0 Å². The van der Waals surface area contributed by atoms with Gasteiger partial charge in [0.05, 0.1) is 0 Å². The number of hydrogen-bond donors (Lipinski definition) is 0. The van der Waals surface area contributed by atoms with Crippen molar-refractivity contribution in [2.24, 2.45) is 16.2 Å². The summed E-state index contributed by atoms with van der Waals surface area (Å²) < 4.78 is 82.2. The Labute approximate surface area is 132 Å². The van der Waals surface area contributed by atoms with Gasteiger partial charge >= 0.3 is 18.3 Å². The monoisotopic (exact) mass is 350 g/mol. The summed E-state index contributed by atoms with van der Waals surface area (Å²) in [5.41, 5.74) is -5.59. The molecule has 0 aromatic rings. The highest BCUT2D eigenvalue weighted by Crippen LogP contribution is 2.57. The van der Waals surface area contributed by atoms with Gasteiger partial charge in [0, 0.05) is 0 Å². The van der Waals surface area contributed by atoms with Crippen LogP contribution in [0.2, 0.25) is 0 Å². The van der Waals surface area contributed by atoms with Crippen molar-refractivity contribution >= 4 is 5.97 Å². The predicted molar refractivity (Wildman–Crippen MR) is 73.6 cm³/mol. The number of carbonyl (C=O) groups is 1. The van der Waals surface area contributed by atoms with E-state index in [1.165, 1.54) is 34.6 Å². The predicted octanol–water partition coefficient (Wildman–Crippen LogP) is 5.51. The van der Waals surface area contributed by atoms with Crippen LogP contribution in [-0.2, 0) is 9.53 Å². The lowest BCUT2D eigenvalue weighted by Crippen LogP contribution is -2.57. The van der Waals surface area contributed by atoms with Crippen LogP contribution in [0.1, 0.15) is 54.4 Å². The maximum atomic E-state index is 13.8. The minimum absolute atomic E-state index is 0.327. The summed E-state index contributed by atoms with van der Waals surface area (Å²) >= 11 is 0. The molecule has 0 saturated heterocycles. The third kappa shape index (κ3) is 5.28. The Morgan fingerprint density at radius 3 is 1.61 bits per heavy atom. The van der Waals surface area contributed by atoms with Gasteiger partial charge in [0.25, 0.3) is 0 Å². The Hall–Kier alpha value is -0.950. The van der Waals surface area contributed by atoms with Gasteiger partial charge in [-0.3, -0.25) is 4.79 Å². The average molecular weight is 350 g/mol. The summed E-state index contributed by atoms with van der Waals surface area (Å²) in [6.07, 6.45) is -10.3. The summed E-state index contributed by atoms with van der Waals surface area (Å²) in [6, 6.07) is 0. The molecular weight excluding hydrogens is 326 g/mol. The SMILES string of the molecule is CCC(C)(C)CC(C(=O)OCC(F)(F)F)(C(C)(C)C)C(F)(F)F. The van der Waals surface area contributed by atoms with Crippen LogP contribution in [0.3, 0.4) is 0 Å². The Morgan fingerprint density at radius 2 is 1.35 bits per heavy atom. The zero-order chi connectivity index (χ0) is 18.9. The smallest absolute Gasteiger partial charge is 0.422 e. The molecule has 2 nitrogen and oxygen atoms in total. The van der Waals surface area contributed by atoms with Gasteiger partial charge < -0.3 is 4.74 Å². The molecule has 1 unspecified atom stereocenters. The topological polar surface area (TPSA) is 26.3 Å². The molecule has 0 saturated carbocycles. The Kier molecular flexibility index (Phi) is 6.24. The number of hydrogen-bond acceptors (Lipinski definition) is 2. The van der Waals surface area contributed by atoms with Crippen LogP contribution in [-0.4, -0.2) is 24.9 Å². The third-order valence-corrected chi connectivity index (χ3v) is 4.18. The first kappa shape index (κ1) is 22.1. The van der Waals surface area contributed by atoms with E-state index in [0.29, 0.717) is 6.42 Å². The van der Waals surface area contributed by atoms with E-state index in [9.17, 15) is 31.1 Å². The largest absolute Gasteiger partial charge is 0.455 e. The molecular formula is C15H24F6O2. The van der Waals surface area contributed by atoms with Crippen LogP contribution in [0, 0.1) is 16.2 Å². The lowest BCUT2D eigenvalue weighted by Gasteiger charge is -2.47. The van der Waals surface area contributed by atoms with E-state index in [2.05, 4.69) is 4.74 Å². The molecule has 0 rings (SSSR count). The zero-order valence-electron chi connectivity index (χ0n) is 14.2. The first-order chi connectivity index (χ1) is 9.90. The molecule has 0 aliphatic rings. The fourth-order valence-electron chi connectivity index (χ4n) is 2.40. The van der Waals surface area contributed by atoms with Gasteiger partial charge in [0.1, 0.15) is 0 Å². The molecule has 0 amide bonds. The van der Waals surface area contributed by atoms with Crippen molar-refractivity contribution in [3.63, 3.8) is 0 Å². The van der Waals surface area contributed by atoms with Crippen molar-refractivity contribution < 1.29 is 35.9 Å². The molecule has 0 bridgehead atoms. The molecule has 0 aliphatic heterocycles. The zero-order valence-corrected chi connectivity index (χ0v) is 14.2. The fourth-order valence-corrected chi connectivity index (χ4v) is 2.40. The Morgan fingerprint density at radius 1 is 0.913 bits per heavy atom. The molecule has 1 atom stereocenters. The summed E-state index contributed by atoms with van der Waals surface area (Å²) in [7, 11) is 0. The van der Waals surface area contributed by atoms with Crippen LogP contribution in [0.15, 0.2) is 0 Å². The lowest BCUT2D eigenvalue weighted by molar-refractivity contribution is -0.275. The Balaban J connectivity index is 6.00. The van der Waals surface area contributed by atoms with Crippen LogP contribution >= 0.6 is 0 Å². The second-order valence-electron chi connectivity index (χ2n) is 7.54. The van der Waals surface area contributed by atoms with E-state index in [4.69, 9.17) is 0 Å². The highest BCUT2D eigenvalue weighted by molar-refractivity contribution is 5.79. The fraction of sp³-hybridized carbons (Fsp3) is 0.933. The van der Waals surface area contributed by atoms with Gasteiger partial charge in [-0.2, -0.15) is 26.3 Å². The first-order valence-electron chi connectivity index (χ1n) is 7.20. The minimum Gasteiger partial charge on any atom is -0.455 e. The highest BCUT2D eigenvalue weighted by atomic mass is 19.4. The molecule has 138 valence electrons. The number of ether oxygens (including phenoxy) is 1. The number of rotatable bonds is 5. The third-order valence-electron chi connectivity index (χ3n) is 4.18. The second-order valence-corrected chi connectivity index (χ2v) is 7.54. The van der Waals surface area contributed by atoms with Crippen molar-refractivity contribution in [1.29, 1.82) is 0 Å². The second kappa shape index (κ2) is 6.51. The highest BCUT2D eigenvalue weighted by Gasteiger charge is 2.68. The van der Waals surface area contributed by atoms with Crippen molar-refractivity contribution in [3.8, 4) is 0 Å². The van der Waals surface area contributed by atoms with Gasteiger partial charge in [0.15, 0.2) is 12.0 Å². The van der Waals surface area contributed by atoms with Crippen LogP contribution in [0.5, 0.6) is 0 Å². The van der Waals surface area contributed by atoms with Gasteiger partial charge in [-0.1, -0.05) is 48.0 Å². The summed E-state index contributed by atoms with van der Waals surface area (Å²) in [4.78, 5) is 12.2. The molecule has 0 aromatic carbocycles. The number of esters is 1. The Bertz CT molecular complexity index is 401. The van der Waals surface area contributed by atoms with Gasteiger partial charge in [-0.25, -0.2) is 0 Å². The molecule has 0 spiro atoms. The van der Waals surface area contributed by atoms with Crippen LogP contribution in [0.4, 0.5) is 26.3 Å². The molecule has 0 fully saturated rings. The summed E-state index contributed by atoms with van der Waals surface area (Å²) in [5.74, 6) is -1.88.